The molecular formula is C23H29FN4O3. The first kappa shape index (κ1) is 22.5. The van der Waals surface area contributed by atoms with Gasteiger partial charge in [-0.3, -0.25) is 4.79 Å². The highest BCUT2D eigenvalue weighted by Gasteiger charge is 2.24. The second kappa shape index (κ2) is 8.91. The van der Waals surface area contributed by atoms with Gasteiger partial charge in [0.25, 0.3) is 0 Å². The number of nitrogens with one attached hydrogen (secondary N) is 1. The van der Waals surface area contributed by atoms with Crippen LogP contribution >= 0.6 is 0 Å². The van der Waals surface area contributed by atoms with Crippen LogP contribution in [0.2, 0.25) is 0 Å². The van der Waals surface area contributed by atoms with Gasteiger partial charge in [-0.2, -0.15) is 5.10 Å². The summed E-state index contributed by atoms with van der Waals surface area (Å²) >= 11 is 0. The summed E-state index contributed by atoms with van der Waals surface area (Å²) in [4.78, 5) is 16.6. The maximum absolute atomic E-state index is 14.0. The highest BCUT2D eigenvalue weighted by atomic mass is 19.1. The lowest BCUT2D eigenvalue weighted by Gasteiger charge is -2.23. The van der Waals surface area contributed by atoms with Gasteiger partial charge in [0.05, 0.1) is 17.7 Å². The molecular weight excluding hydrogens is 399 g/mol. The molecule has 3 aromatic rings. The fourth-order valence-electron chi connectivity index (χ4n) is 2.99. The van der Waals surface area contributed by atoms with Crippen LogP contribution in [0.25, 0.3) is 5.65 Å². The van der Waals surface area contributed by atoms with Crippen LogP contribution in [0.5, 0.6) is 5.75 Å². The average molecular weight is 429 g/mol. The van der Waals surface area contributed by atoms with Crippen molar-refractivity contribution in [2.24, 2.45) is 5.41 Å². The molecule has 0 unspecified atom stereocenters. The van der Waals surface area contributed by atoms with Gasteiger partial charge in [0.1, 0.15) is 30.1 Å². The Bertz CT molecular complexity index is 1070. The molecule has 0 spiro atoms. The van der Waals surface area contributed by atoms with Gasteiger partial charge in [0, 0.05) is 17.3 Å². The average Bonchev–Trinajstić information content (AvgIpc) is 3.07. The number of halogens is 1. The van der Waals surface area contributed by atoms with E-state index in [1.54, 1.807) is 44.5 Å². The van der Waals surface area contributed by atoms with Gasteiger partial charge in [-0.25, -0.2) is 13.9 Å². The highest BCUT2D eigenvalue weighted by Crippen LogP contribution is 2.29. The summed E-state index contributed by atoms with van der Waals surface area (Å²) in [6.07, 6.45) is 3.17. The zero-order valence-electron chi connectivity index (χ0n) is 18.8. The van der Waals surface area contributed by atoms with Crippen molar-refractivity contribution in [1.29, 1.82) is 0 Å². The first-order valence-corrected chi connectivity index (χ1v) is 10.3. The molecule has 0 aliphatic rings. The molecule has 0 fully saturated rings. The smallest absolute Gasteiger partial charge is 0.311 e. The minimum atomic E-state index is -0.582. The number of rotatable bonds is 7. The molecule has 2 heterocycles. The van der Waals surface area contributed by atoms with E-state index in [2.05, 4.69) is 15.4 Å². The lowest BCUT2D eigenvalue weighted by atomic mass is 9.97. The maximum atomic E-state index is 14.0. The Labute approximate surface area is 181 Å². The topological polar surface area (TPSA) is 77.8 Å². The molecule has 31 heavy (non-hydrogen) atoms. The van der Waals surface area contributed by atoms with Crippen LogP contribution in [-0.2, 0) is 9.53 Å². The molecule has 2 aromatic heterocycles. The fraction of sp³-hybridized carbons (Fsp3) is 0.435. The quantitative estimate of drug-likeness (QED) is 0.550. The van der Waals surface area contributed by atoms with Gasteiger partial charge < -0.3 is 14.8 Å². The number of nitrogens with zero attached hydrogens (tertiary/aromatic N) is 3. The third kappa shape index (κ3) is 5.51. The fourth-order valence-corrected chi connectivity index (χ4v) is 2.99. The van der Waals surface area contributed by atoms with Crippen LogP contribution in [0.3, 0.4) is 0 Å². The number of carbonyl (C=O) groups excluding carboxylic acids is 1. The highest BCUT2D eigenvalue weighted by molar-refractivity contribution is 5.75. The van der Waals surface area contributed by atoms with Crippen molar-refractivity contribution in [1.82, 2.24) is 14.6 Å². The minimum Gasteiger partial charge on any atom is -0.487 e. The van der Waals surface area contributed by atoms with E-state index in [0.29, 0.717) is 17.1 Å². The van der Waals surface area contributed by atoms with E-state index in [1.165, 1.54) is 12.1 Å². The third-order valence-electron chi connectivity index (χ3n) is 4.74. The number of fused-ring (bicyclic) bond motifs is 1. The standard InChI is InChI=1S/C23H29FN4O3/c1-14-12-25-28-10-9-20(27-21(14)28)26-16(3)18-11-17(24)7-8-19(18)31-15(2)13-30-22(29)23(4,5)6/h7-12,15-16H,13H2,1-6H3,(H,26,27)/t15-,16+/m0/s1. The number of aryl methyl sites for hydroxylation is 1. The molecule has 2 atom stereocenters. The van der Waals surface area contributed by atoms with Crippen molar-refractivity contribution in [3.8, 4) is 5.75 Å². The van der Waals surface area contributed by atoms with E-state index in [9.17, 15) is 9.18 Å². The number of ether oxygens (including phenoxy) is 2. The molecule has 0 saturated carbocycles. The summed E-state index contributed by atoms with van der Waals surface area (Å²) in [5, 5.41) is 7.51. The number of hydrogen-bond acceptors (Lipinski definition) is 6. The Hall–Kier alpha value is -3.16. The van der Waals surface area contributed by atoms with E-state index in [1.807, 2.05) is 26.1 Å². The van der Waals surface area contributed by atoms with E-state index >= 15 is 0 Å². The first-order chi connectivity index (χ1) is 14.5. The van der Waals surface area contributed by atoms with Crippen LogP contribution in [0, 0.1) is 18.2 Å². The van der Waals surface area contributed by atoms with Gasteiger partial charge in [0.2, 0.25) is 0 Å². The van der Waals surface area contributed by atoms with Crippen molar-refractivity contribution in [3.05, 3.63) is 53.6 Å². The maximum Gasteiger partial charge on any atom is 0.311 e. The van der Waals surface area contributed by atoms with E-state index in [0.717, 1.165) is 11.2 Å². The van der Waals surface area contributed by atoms with Gasteiger partial charge in [-0.05, 0) is 65.8 Å². The number of carbonyl (C=O) groups is 1. The summed E-state index contributed by atoms with van der Waals surface area (Å²) in [5.74, 6) is 0.500. The lowest BCUT2D eigenvalue weighted by Crippen LogP contribution is -2.28. The monoisotopic (exact) mass is 428 g/mol. The summed E-state index contributed by atoms with van der Waals surface area (Å²) in [5.41, 5.74) is 1.77. The van der Waals surface area contributed by atoms with Gasteiger partial charge in [-0.15, -0.1) is 0 Å². The predicted octanol–water partition coefficient (Wildman–Crippen LogP) is 4.71. The van der Waals surface area contributed by atoms with E-state index in [-0.39, 0.29) is 24.4 Å². The molecule has 3 rings (SSSR count). The number of aromatic nitrogens is 3. The Morgan fingerprint density at radius 3 is 2.71 bits per heavy atom. The third-order valence-corrected chi connectivity index (χ3v) is 4.74. The Morgan fingerprint density at radius 2 is 2.00 bits per heavy atom. The molecule has 1 aromatic carbocycles. The van der Waals surface area contributed by atoms with Gasteiger partial charge >= 0.3 is 5.97 Å². The van der Waals surface area contributed by atoms with Crippen molar-refractivity contribution in [2.45, 2.75) is 53.7 Å². The number of hydrogen-bond donors (Lipinski definition) is 1. The Morgan fingerprint density at radius 1 is 1.26 bits per heavy atom. The van der Waals surface area contributed by atoms with E-state index in [4.69, 9.17) is 9.47 Å². The zero-order chi connectivity index (χ0) is 22.8. The normalized spacial score (nSPS) is 13.6. The van der Waals surface area contributed by atoms with Crippen LogP contribution in [-0.4, -0.2) is 33.3 Å². The lowest BCUT2D eigenvalue weighted by molar-refractivity contribution is -0.155. The molecule has 0 amide bonds. The molecule has 7 nitrogen and oxygen atoms in total. The second-order valence-corrected chi connectivity index (χ2v) is 8.73. The van der Waals surface area contributed by atoms with Crippen LogP contribution in [0.4, 0.5) is 10.2 Å². The van der Waals surface area contributed by atoms with Gasteiger partial charge in [0.15, 0.2) is 5.65 Å². The van der Waals surface area contributed by atoms with Crippen LogP contribution in [0.15, 0.2) is 36.7 Å². The molecule has 0 aliphatic carbocycles. The van der Waals surface area contributed by atoms with Crippen molar-refractivity contribution in [3.63, 3.8) is 0 Å². The molecule has 1 N–H and O–H groups in total. The van der Waals surface area contributed by atoms with E-state index < -0.39 is 11.5 Å². The van der Waals surface area contributed by atoms with Crippen molar-refractivity contribution >= 4 is 17.4 Å². The molecule has 0 saturated heterocycles. The van der Waals surface area contributed by atoms with Crippen molar-refractivity contribution in [2.75, 3.05) is 11.9 Å². The SMILES string of the molecule is Cc1cnn2ccc(N[C@H](C)c3cc(F)ccc3O[C@@H](C)COC(=O)C(C)(C)C)nc12. The Kier molecular flexibility index (Phi) is 6.48. The zero-order valence-corrected chi connectivity index (χ0v) is 18.8. The molecule has 0 bridgehead atoms. The summed E-state index contributed by atoms with van der Waals surface area (Å²) in [7, 11) is 0. The number of benzene rings is 1. The number of esters is 1. The summed E-state index contributed by atoms with van der Waals surface area (Å²) in [6, 6.07) is 5.89. The largest absolute Gasteiger partial charge is 0.487 e. The van der Waals surface area contributed by atoms with Gasteiger partial charge in [-0.1, -0.05) is 0 Å². The first-order valence-electron chi connectivity index (χ1n) is 10.3. The molecule has 0 aliphatic heterocycles. The minimum absolute atomic E-state index is 0.105. The molecule has 0 radical (unpaired) electrons. The second-order valence-electron chi connectivity index (χ2n) is 8.73. The van der Waals surface area contributed by atoms with Crippen molar-refractivity contribution < 1.29 is 18.7 Å². The van der Waals surface area contributed by atoms with Crippen LogP contribution in [0.1, 0.15) is 51.8 Å². The molecule has 166 valence electrons. The summed E-state index contributed by atoms with van der Waals surface area (Å²) < 4.78 is 27.0. The predicted molar refractivity (Wildman–Crippen MR) is 117 cm³/mol. The summed E-state index contributed by atoms with van der Waals surface area (Å²) in [6.45, 7) is 11.1. The Balaban J connectivity index is 1.73. The van der Waals surface area contributed by atoms with Crippen LogP contribution < -0.4 is 10.1 Å². The molecule has 8 heteroatoms. The number of anilines is 1.